The van der Waals surface area contributed by atoms with Crippen LogP contribution in [0.1, 0.15) is 92.9 Å². The Kier molecular flexibility index (Phi) is 41.3. The van der Waals surface area contributed by atoms with Crippen molar-refractivity contribution in [3.8, 4) is 0 Å². The number of aliphatic hydroxyl groups excluding tert-OH is 2. The van der Waals surface area contributed by atoms with Crippen molar-refractivity contribution in [2.24, 2.45) is 23.7 Å². The maximum absolute atomic E-state index is 13.4. The summed E-state index contributed by atoms with van der Waals surface area (Å²) < 4.78 is 20.8. The molecule has 2 aliphatic rings. The molecule has 0 bridgehead atoms. The summed E-state index contributed by atoms with van der Waals surface area (Å²) in [4.78, 5) is 242. The highest BCUT2D eigenvalue weighted by Crippen LogP contribution is 2.45. The number of carboxylic acid groups (broad SMARTS) is 8. The van der Waals surface area contributed by atoms with Crippen LogP contribution in [-0.4, -0.2) is 279 Å². The number of rotatable bonds is 50. The van der Waals surface area contributed by atoms with Crippen LogP contribution in [0.3, 0.4) is 0 Å². The van der Waals surface area contributed by atoms with Crippen LogP contribution >= 0.6 is 47.0 Å². The van der Waals surface area contributed by atoms with Gasteiger partial charge < -0.3 is 113 Å². The zero-order chi connectivity index (χ0) is 80.9. The molecule has 0 aromatic carbocycles. The summed E-state index contributed by atoms with van der Waals surface area (Å²) in [6, 6.07) is -6.04. The number of nitrogens with one attached hydrogen (secondary N) is 8. The van der Waals surface area contributed by atoms with Gasteiger partial charge in [-0.05, 0) is 39.5 Å². The van der Waals surface area contributed by atoms with Crippen LogP contribution in [0, 0.1) is 23.7 Å². The number of esters is 4. The third-order valence-corrected chi connectivity index (χ3v) is 19.4. The Balaban J connectivity index is 0.00000106. The number of carbonyl (C=O) groups is 20. The zero-order valence-corrected chi connectivity index (χ0v) is 60.9. The highest BCUT2D eigenvalue weighted by molar-refractivity contribution is 8.04. The monoisotopic (exact) mass is 1590 g/mol. The quantitative estimate of drug-likeness (QED) is 0.0212. The van der Waals surface area contributed by atoms with Crippen LogP contribution < -0.4 is 42.5 Å². The van der Waals surface area contributed by atoms with Crippen LogP contribution in [0.5, 0.6) is 0 Å². The lowest BCUT2D eigenvalue weighted by atomic mass is 10.1. The predicted octanol–water partition coefficient (Wildman–Crippen LogP) is -3.09. The number of hydrogen-bond acceptors (Lipinski definition) is 30. The Bertz CT molecular complexity index is 3160. The molecule has 8 amide bonds. The zero-order valence-electron chi connectivity index (χ0n) is 57.7. The number of hydrogen-bond donors (Lipinski definition) is 18. The molecule has 592 valence electrons. The van der Waals surface area contributed by atoms with E-state index < -0.39 is 260 Å². The molecule has 0 aromatic heterocycles. The number of thioether (sulfide) groups is 4. The first-order valence-electron chi connectivity index (χ1n) is 31.7. The van der Waals surface area contributed by atoms with E-state index in [0.717, 1.165) is 0 Å². The number of aliphatic hydroxyl groups is 2. The van der Waals surface area contributed by atoms with Gasteiger partial charge >= 0.3 is 71.6 Å². The van der Waals surface area contributed by atoms with Crippen LogP contribution in [-0.2, 0) is 115 Å². The van der Waals surface area contributed by atoms with Crippen molar-refractivity contribution < 1.29 is 166 Å². The minimum atomic E-state index is -2.42. The Labute approximate surface area is 618 Å². The SMILES string of the molecule is CCOC(=O)[C@@]1(CSCC(NC(=O)CCC(C)C(=O)O)C(=O)NCC(=O)O)OC(=O)C(O)=C1SCC(NC(=O)CCC(C)C(=O)O)C(=O)NCC(=O)O.CCOC(=O)[C@]1(CSCC(NC(=O)CCC(C)C(=O)O)C(=O)NCC(=O)O)OC(=O)C(O)=C1SCC(NC(=O)CCC(C)C(=O)O)C(=O)NCC(=O)O. The standard InChI is InChI=1S/2C30H42N4O17S2/c2*1-4-50-29(49)30(13-52-11-16(24(42)31-9-20(37)38)33-18(35)7-5-14(2)26(44)45)23(22(41)28(48)51-30)53-12-17(25(43)32-10-21(39)40)34-19(36)8-6-15(3)27(46)47/h2*14-17,41H,4-13H2,1-3H3,(H,31,42)(H,32,43)(H,33,35)(H,34,36)(H,37,38)(H,39,40)(H,44,45)(H,46,47)/t2*14?,15?,16?,17?,30-/m10/s1. The van der Waals surface area contributed by atoms with Gasteiger partial charge in [-0.25, -0.2) is 19.2 Å². The van der Waals surface area contributed by atoms with E-state index in [1.165, 1.54) is 41.5 Å². The van der Waals surface area contributed by atoms with Gasteiger partial charge in [-0.3, -0.25) is 76.7 Å². The first kappa shape index (κ1) is 93.9. The molecule has 2 rings (SSSR count). The van der Waals surface area contributed by atoms with Gasteiger partial charge in [-0.2, -0.15) is 23.5 Å². The third kappa shape index (κ3) is 32.5. The topological polar surface area (TPSA) is 677 Å². The molecule has 18 N–H and O–H groups in total. The summed E-state index contributed by atoms with van der Waals surface area (Å²) in [5.74, 6) is -31.5. The minimum absolute atomic E-state index is 0.0956. The van der Waals surface area contributed by atoms with Gasteiger partial charge in [0.1, 0.15) is 50.3 Å². The van der Waals surface area contributed by atoms with Gasteiger partial charge in [0.15, 0.2) is 0 Å². The molecule has 0 fully saturated rings. The van der Waals surface area contributed by atoms with E-state index >= 15 is 0 Å². The second-order valence-corrected chi connectivity index (χ2v) is 27.0. The summed E-state index contributed by atoms with van der Waals surface area (Å²) in [5, 5.41) is 111. The van der Waals surface area contributed by atoms with Crippen LogP contribution in [0.4, 0.5) is 0 Å². The Morgan fingerprint density at radius 1 is 0.387 bits per heavy atom. The van der Waals surface area contributed by atoms with Gasteiger partial charge in [-0.15, -0.1) is 23.5 Å². The lowest BCUT2D eigenvalue weighted by molar-refractivity contribution is -0.169. The molecule has 0 radical (unpaired) electrons. The number of aliphatic carboxylic acids is 8. The van der Waals surface area contributed by atoms with Crippen molar-refractivity contribution in [2.75, 3.05) is 73.9 Å². The fourth-order valence-corrected chi connectivity index (χ4v) is 13.3. The lowest BCUT2D eigenvalue weighted by Gasteiger charge is -2.29. The minimum Gasteiger partial charge on any atom is -0.501 e. The fourth-order valence-electron chi connectivity index (χ4n) is 8.32. The summed E-state index contributed by atoms with van der Waals surface area (Å²) in [6.07, 6.45) is -1.77. The molecule has 46 heteroatoms. The molecule has 0 aromatic rings. The number of amides is 8. The Morgan fingerprint density at radius 3 is 0.821 bits per heavy atom. The molecule has 0 saturated heterocycles. The summed E-state index contributed by atoms with van der Waals surface area (Å²) >= 11 is 2.40. The molecule has 0 saturated carbocycles. The molecular formula is C60H84N8O34S4. The molecule has 2 heterocycles. The summed E-state index contributed by atoms with van der Waals surface area (Å²) in [7, 11) is 0. The molecular weight excluding hydrogens is 1500 g/mol. The summed E-state index contributed by atoms with van der Waals surface area (Å²) in [5.41, 5.74) is -4.84. The number of carboxylic acids is 8. The van der Waals surface area contributed by atoms with Crippen molar-refractivity contribution in [3.05, 3.63) is 21.3 Å². The molecule has 0 spiro atoms. The van der Waals surface area contributed by atoms with Crippen molar-refractivity contribution >= 4 is 166 Å². The molecule has 106 heavy (non-hydrogen) atoms. The highest BCUT2D eigenvalue weighted by Gasteiger charge is 2.58. The predicted molar refractivity (Wildman–Crippen MR) is 364 cm³/mol. The maximum Gasteiger partial charge on any atom is 0.375 e. The van der Waals surface area contributed by atoms with Gasteiger partial charge in [0.25, 0.3) is 11.2 Å². The van der Waals surface area contributed by atoms with Gasteiger partial charge in [0.2, 0.25) is 58.8 Å². The fraction of sp³-hybridized carbons (Fsp3) is 0.600. The summed E-state index contributed by atoms with van der Waals surface area (Å²) in [6.45, 7) is 4.37. The van der Waals surface area contributed by atoms with Crippen molar-refractivity contribution in [2.45, 2.75) is 128 Å². The second-order valence-electron chi connectivity index (χ2n) is 22.9. The van der Waals surface area contributed by atoms with E-state index in [9.17, 15) is 106 Å². The third-order valence-electron chi connectivity index (χ3n) is 14.4. The molecule has 2 aliphatic heterocycles. The molecule has 10 atom stereocenters. The van der Waals surface area contributed by atoms with Gasteiger partial charge in [-0.1, -0.05) is 27.7 Å². The Morgan fingerprint density at radius 2 is 0.613 bits per heavy atom. The van der Waals surface area contributed by atoms with Gasteiger partial charge in [0, 0.05) is 60.2 Å². The van der Waals surface area contributed by atoms with Crippen molar-refractivity contribution in [3.63, 3.8) is 0 Å². The van der Waals surface area contributed by atoms with E-state index in [1.807, 2.05) is 0 Å². The number of cyclic esters (lactones) is 2. The normalized spacial score (nSPS) is 17.3. The molecule has 8 unspecified atom stereocenters. The van der Waals surface area contributed by atoms with Crippen LogP contribution in [0.25, 0.3) is 0 Å². The maximum atomic E-state index is 13.4. The first-order chi connectivity index (χ1) is 49.5. The van der Waals surface area contributed by atoms with Crippen LogP contribution in [0.15, 0.2) is 21.3 Å². The lowest BCUT2D eigenvalue weighted by Crippen LogP contribution is -2.51. The van der Waals surface area contributed by atoms with Gasteiger partial charge in [0.05, 0.1) is 46.7 Å². The first-order valence-corrected chi connectivity index (χ1v) is 35.9. The number of ether oxygens (including phenoxy) is 4. The molecule has 0 aliphatic carbocycles. The van der Waals surface area contributed by atoms with E-state index in [-0.39, 0.29) is 64.6 Å². The van der Waals surface area contributed by atoms with Crippen molar-refractivity contribution in [1.82, 2.24) is 42.5 Å². The van der Waals surface area contributed by atoms with E-state index in [1.54, 1.807) is 0 Å². The molecule has 42 nitrogen and oxygen atoms in total. The Hall–Kier alpha value is -10.1. The smallest absolute Gasteiger partial charge is 0.375 e. The van der Waals surface area contributed by atoms with Crippen molar-refractivity contribution in [1.29, 1.82) is 0 Å². The van der Waals surface area contributed by atoms with Crippen LogP contribution in [0.2, 0.25) is 0 Å². The van der Waals surface area contributed by atoms with E-state index in [4.69, 9.17) is 59.8 Å². The average Bonchev–Trinajstić information content (AvgIpc) is 1.62. The van der Waals surface area contributed by atoms with E-state index in [2.05, 4.69) is 42.5 Å². The highest BCUT2D eigenvalue weighted by atomic mass is 32.2. The average molecular weight is 1590 g/mol. The number of carbonyl (C=O) groups excluding carboxylic acids is 12. The van der Waals surface area contributed by atoms with E-state index in [0.29, 0.717) is 47.0 Å². The second kappa shape index (κ2) is 46.7. The largest absolute Gasteiger partial charge is 0.501 e.